The Bertz CT molecular complexity index is 444. The Kier molecular flexibility index (Phi) is 4.65. The van der Waals surface area contributed by atoms with Gasteiger partial charge in [-0.15, -0.1) is 0 Å². The van der Waals surface area contributed by atoms with Crippen LogP contribution in [0.1, 0.15) is 31.2 Å². The largest absolute Gasteiger partial charge is 0.271 e. The maximum Gasteiger partial charge on any atom is 0.248 e. The molecule has 20 heavy (non-hydrogen) atoms. The van der Waals surface area contributed by atoms with Gasteiger partial charge in [-0.2, -0.15) is 0 Å². The molecular formula is C14H18F4N2. The number of halogens is 4. The highest BCUT2D eigenvalue weighted by atomic mass is 19.3. The van der Waals surface area contributed by atoms with Gasteiger partial charge in [0.2, 0.25) is 5.92 Å². The molecule has 0 spiro atoms. The lowest BCUT2D eigenvalue weighted by molar-refractivity contribution is -0.0581. The number of rotatable bonds is 4. The first-order valence-corrected chi connectivity index (χ1v) is 6.68. The Morgan fingerprint density at radius 3 is 2.45 bits per heavy atom. The second-order valence-corrected chi connectivity index (χ2v) is 5.47. The van der Waals surface area contributed by atoms with Crippen LogP contribution in [-0.4, -0.2) is 12.0 Å². The molecule has 0 aliphatic heterocycles. The zero-order valence-electron chi connectivity index (χ0n) is 11.0. The van der Waals surface area contributed by atoms with Crippen molar-refractivity contribution in [2.24, 2.45) is 11.8 Å². The molecule has 6 heteroatoms. The maximum atomic E-state index is 13.4. The molecule has 2 rings (SSSR count). The Morgan fingerprint density at radius 1 is 1.25 bits per heavy atom. The predicted octanol–water partition coefficient (Wildman–Crippen LogP) is 3.16. The van der Waals surface area contributed by atoms with Crippen LogP contribution in [0.4, 0.5) is 17.6 Å². The molecule has 0 heterocycles. The number of benzene rings is 1. The molecule has 2 atom stereocenters. The molecule has 1 aliphatic carbocycles. The highest BCUT2D eigenvalue weighted by Gasteiger charge is 2.39. The summed E-state index contributed by atoms with van der Waals surface area (Å²) in [4.78, 5) is 0. The van der Waals surface area contributed by atoms with Crippen molar-refractivity contribution in [3.05, 3.63) is 35.4 Å². The number of nitrogens with one attached hydrogen (secondary N) is 1. The number of hydrogen-bond donors (Lipinski definition) is 2. The highest BCUT2D eigenvalue weighted by molar-refractivity contribution is 5.19. The van der Waals surface area contributed by atoms with E-state index in [0.717, 1.165) is 6.07 Å². The van der Waals surface area contributed by atoms with Gasteiger partial charge in [0.1, 0.15) is 11.6 Å². The molecule has 0 radical (unpaired) electrons. The molecule has 0 saturated heterocycles. The summed E-state index contributed by atoms with van der Waals surface area (Å²) in [7, 11) is 0. The monoisotopic (exact) mass is 290 g/mol. The van der Waals surface area contributed by atoms with Crippen molar-refractivity contribution in [2.75, 3.05) is 0 Å². The van der Waals surface area contributed by atoms with Gasteiger partial charge in [0.25, 0.3) is 0 Å². The fraction of sp³-hybridized carbons (Fsp3) is 0.571. The second kappa shape index (κ2) is 6.10. The van der Waals surface area contributed by atoms with E-state index < -0.39 is 23.6 Å². The Hall–Kier alpha value is -1.14. The molecule has 2 unspecified atom stereocenters. The SMILES string of the molecule is NNC(Cc1cc(F)cc(F)c1)C1CCCC(F)(F)C1. The van der Waals surface area contributed by atoms with E-state index in [9.17, 15) is 17.6 Å². The average Bonchev–Trinajstić information content (AvgIpc) is 2.33. The topological polar surface area (TPSA) is 38.0 Å². The molecule has 3 N–H and O–H groups in total. The third kappa shape index (κ3) is 3.93. The van der Waals surface area contributed by atoms with Crippen LogP contribution in [0, 0.1) is 17.6 Å². The third-order valence-electron chi connectivity index (χ3n) is 3.84. The van der Waals surface area contributed by atoms with Crippen molar-refractivity contribution in [3.63, 3.8) is 0 Å². The molecular weight excluding hydrogens is 272 g/mol. The third-order valence-corrected chi connectivity index (χ3v) is 3.84. The van der Waals surface area contributed by atoms with Crippen LogP contribution in [0.5, 0.6) is 0 Å². The first-order chi connectivity index (χ1) is 9.39. The van der Waals surface area contributed by atoms with Crippen molar-refractivity contribution in [1.82, 2.24) is 5.43 Å². The molecule has 1 aliphatic rings. The van der Waals surface area contributed by atoms with Gasteiger partial charge in [0.15, 0.2) is 0 Å². The van der Waals surface area contributed by atoms with E-state index in [1.54, 1.807) is 0 Å². The molecule has 1 saturated carbocycles. The summed E-state index contributed by atoms with van der Waals surface area (Å²) < 4.78 is 53.1. The lowest BCUT2D eigenvalue weighted by Gasteiger charge is -2.34. The van der Waals surface area contributed by atoms with Crippen molar-refractivity contribution >= 4 is 0 Å². The van der Waals surface area contributed by atoms with Gasteiger partial charge in [-0.05, 0) is 42.9 Å². The number of alkyl halides is 2. The summed E-state index contributed by atoms with van der Waals surface area (Å²) in [5, 5.41) is 0. The number of hydrazine groups is 1. The summed E-state index contributed by atoms with van der Waals surface area (Å²) in [6.45, 7) is 0. The molecule has 1 fully saturated rings. The first-order valence-electron chi connectivity index (χ1n) is 6.68. The van der Waals surface area contributed by atoms with E-state index in [1.807, 2.05) is 0 Å². The van der Waals surface area contributed by atoms with Crippen molar-refractivity contribution in [1.29, 1.82) is 0 Å². The summed E-state index contributed by atoms with van der Waals surface area (Å²) in [5.41, 5.74) is 2.93. The fourth-order valence-corrected chi connectivity index (χ4v) is 2.90. The molecule has 2 nitrogen and oxygen atoms in total. The quantitative estimate of drug-likeness (QED) is 0.508. The average molecular weight is 290 g/mol. The fourth-order valence-electron chi connectivity index (χ4n) is 2.90. The van der Waals surface area contributed by atoms with Gasteiger partial charge < -0.3 is 0 Å². The van der Waals surface area contributed by atoms with E-state index in [4.69, 9.17) is 5.84 Å². The second-order valence-electron chi connectivity index (χ2n) is 5.47. The van der Waals surface area contributed by atoms with Crippen LogP contribution >= 0.6 is 0 Å². The van der Waals surface area contributed by atoms with Crippen molar-refractivity contribution in [3.8, 4) is 0 Å². The molecule has 0 aromatic heterocycles. The number of nitrogens with two attached hydrogens (primary N) is 1. The van der Waals surface area contributed by atoms with Crippen molar-refractivity contribution < 1.29 is 17.6 Å². The smallest absolute Gasteiger partial charge is 0.248 e. The number of hydrogen-bond acceptors (Lipinski definition) is 2. The predicted molar refractivity (Wildman–Crippen MR) is 68.1 cm³/mol. The van der Waals surface area contributed by atoms with E-state index >= 15 is 0 Å². The van der Waals surface area contributed by atoms with Gasteiger partial charge in [-0.3, -0.25) is 11.3 Å². The Labute approximate surface area is 115 Å². The van der Waals surface area contributed by atoms with Crippen LogP contribution in [-0.2, 0) is 6.42 Å². The van der Waals surface area contributed by atoms with Crippen LogP contribution in [0.15, 0.2) is 18.2 Å². The van der Waals surface area contributed by atoms with E-state index in [2.05, 4.69) is 5.43 Å². The van der Waals surface area contributed by atoms with Gasteiger partial charge in [-0.25, -0.2) is 17.6 Å². The van der Waals surface area contributed by atoms with Crippen LogP contribution in [0.3, 0.4) is 0 Å². The van der Waals surface area contributed by atoms with Crippen LogP contribution in [0.2, 0.25) is 0 Å². The minimum absolute atomic E-state index is 0.102. The zero-order valence-corrected chi connectivity index (χ0v) is 11.0. The molecule has 0 bridgehead atoms. The lowest BCUT2D eigenvalue weighted by atomic mass is 9.80. The highest BCUT2D eigenvalue weighted by Crippen LogP contribution is 2.38. The standard InChI is InChI=1S/C14H18F4N2/c15-11-4-9(5-12(16)7-11)6-13(20-19)10-2-1-3-14(17,18)8-10/h4-5,7,10,13,20H,1-3,6,8,19H2. The summed E-state index contributed by atoms with van der Waals surface area (Å²) in [5.74, 6) is 1.11. The summed E-state index contributed by atoms with van der Waals surface area (Å²) >= 11 is 0. The molecule has 1 aromatic rings. The lowest BCUT2D eigenvalue weighted by Crippen LogP contribution is -2.45. The van der Waals surface area contributed by atoms with Gasteiger partial charge in [0, 0.05) is 24.9 Å². The molecule has 112 valence electrons. The first kappa shape index (κ1) is 15.3. The summed E-state index contributed by atoms with van der Waals surface area (Å²) in [6.07, 6.45) is 0.969. The van der Waals surface area contributed by atoms with Crippen LogP contribution in [0.25, 0.3) is 0 Å². The van der Waals surface area contributed by atoms with E-state index in [1.165, 1.54) is 12.1 Å². The Morgan fingerprint density at radius 2 is 1.90 bits per heavy atom. The van der Waals surface area contributed by atoms with Gasteiger partial charge >= 0.3 is 0 Å². The van der Waals surface area contributed by atoms with Gasteiger partial charge in [0.05, 0.1) is 0 Å². The molecule has 0 amide bonds. The summed E-state index contributed by atoms with van der Waals surface area (Å²) in [6, 6.07) is 2.77. The van der Waals surface area contributed by atoms with E-state index in [-0.39, 0.29) is 25.2 Å². The van der Waals surface area contributed by atoms with Crippen molar-refractivity contribution in [2.45, 2.75) is 44.1 Å². The minimum atomic E-state index is -2.68. The minimum Gasteiger partial charge on any atom is -0.271 e. The van der Waals surface area contributed by atoms with Gasteiger partial charge in [-0.1, -0.05) is 0 Å². The normalized spacial score (nSPS) is 23.6. The van der Waals surface area contributed by atoms with Crippen LogP contribution < -0.4 is 11.3 Å². The maximum absolute atomic E-state index is 13.4. The molecule has 1 aromatic carbocycles. The zero-order chi connectivity index (χ0) is 14.8. The Balaban J connectivity index is 2.08. The van der Waals surface area contributed by atoms with E-state index in [0.29, 0.717) is 18.4 Å².